The minimum atomic E-state index is -0.524. The third kappa shape index (κ3) is 5.18. The van der Waals surface area contributed by atoms with Crippen molar-refractivity contribution in [3.05, 3.63) is 98.9 Å². The average Bonchev–Trinajstić information content (AvgIpc) is 3.09. The molecule has 0 bridgehead atoms. The number of hydrogen-bond acceptors (Lipinski definition) is 6. The summed E-state index contributed by atoms with van der Waals surface area (Å²) in [5, 5.41) is -0.324. The maximum Gasteiger partial charge on any atom is 0.343 e. The first kappa shape index (κ1) is 22.8. The Kier molecular flexibility index (Phi) is 6.96. The molecule has 3 aromatic carbocycles. The molecule has 3 aromatic rings. The van der Waals surface area contributed by atoms with Crippen LogP contribution in [0.25, 0.3) is 6.08 Å². The molecule has 0 N–H and O–H groups in total. The first-order valence-electron chi connectivity index (χ1n) is 9.90. The van der Waals surface area contributed by atoms with Crippen molar-refractivity contribution < 1.29 is 23.9 Å². The lowest BCUT2D eigenvalue weighted by molar-refractivity contribution is -0.123. The van der Waals surface area contributed by atoms with Crippen LogP contribution in [0.15, 0.2) is 82.2 Å². The topological polar surface area (TPSA) is 72.9 Å². The Hall–Kier alpha value is -3.36. The van der Waals surface area contributed by atoms with Gasteiger partial charge in [0.2, 0.25) is 0 Å². The van der Waals surface area contributed by atoms with E-state index in [-0.39, 0.29) is 23.4 Å². The van der Waals surface area contributed by atoms with E-state index in [1.807, 2.05) is 36.4 Å². The zero-order valence-corrected chi connectivity index (χ0v) is 19.9. The van der Waals surface area contributed by atoms with Crippen LogP contribution in [-0.4, -0.2) is 29.1 Å². The van der Waals surface area contributed by atoms with Crippen molar-refractivity contribution in [2.75, 3.05) is 7.11 Å². The van der Waals surface area contributed by atoms with Gasteiger partial charge in [-0.05, 0) is 69.2 Å². The Balaban J connectivity index is 1.57. The highest BCUT2D eigenvalue weighted by Gasteiger charge is 2.35. The molecular weight excluding hydrogens is 506 g/mol. The maximum atomic E-state index is 12.8. The van der Waals surface area contributed by atoms with E-state index in [2.05, 4.69) is 15.9 Å². The zero-order chi connectivity index (χ0) is 23.4. The summed E-state index contributed by atoms with van der Waals surface area (Å²) in [6.45, 7) is 0.213. The molecule has 1 aliphatic rings. The number of carbonyl (C=O) groups excluding carboxylic acids is 3. The van der Waals surface area contributed by atoms with Gasteiger partial charge in [0.1, 0.15) is 0 Å². The Morgan fingerprint density at radius 2 is 1.70 bits per heavy atom. The Morgan fingerprint density at radius 3 is 2.36 bits per heavy atom. The lowest BCUT2D eigenvalue weighted by atomic mass is 10.1. The van der Waals surface area contributed by atoms with Crippen molar-refractivity contribution in [2.45, 2.75) is 6.54 Å². The summed E-state index contributed by atoms with van der Waals surface area (Å²) < 4.78 is 11.4. The van der Waals surface area contributed by atoms with Gasteiger partial charge in [-0.3, -0.25) is 14.5 Å². The van der Waals surface area contributed by atoms with Crippen molar-refractivity contribution in [1.29, 1.82) is 0 Å². The fraction of sp³-hybridized carbons (Fsp3) is 0.0800. The zero-order valence-electron chi connectivity index (χ0n) is 17.5. The molecule has 8 heteroatoms. The van der Waals surface area contributed by atoms with E-state index >= 15 is 0 Å². The number of ether oxygens (including phenoxy) is 2. The van der Waals surface area contributed by atoms with Crippen LogP contribution in [0, 0.1) is 0 Å². The highest BCUT2D eigenvalue weighted by atomic mass is 79.9. The Morgan fingerprint density at radius 1 is 1.03 bits per heavy atom. The van der Waals surface area contributed by atoms with Crippen LogP contribution in [0.1, 0.15) is 21.5 Å². The van der Waals surface area contributed by atoms with Crippen LogP contribution >= 0.6 is 27.7 Å². The SMILES string of the molecule is COc1cc(/C=C2\SC(=O)N(Cc3ccccc3)C2=O)cc(Br)c1OC(=O)c1ccccc1. The van der Waals surface area contributed by atoms with E-state index in [0.717, 1.165) is 17.3 Å². The molecule has 0 spiro atoms. The fourth-order valence-corrected chi connectivity index (χ4v) is 4.58. The summed E-state index contributed by atoms with van der Waals surface area (Å²) in [4.78, 5) is 39.2. The number of carbonyl (C=O) groups is 3. The summed E-state index contributed by atoms with van der Waals surface area (Å²) in [6.07, 6.45) is 1.62. The standard InChI is InChI=1S/C25H18BrNO5S/c1-31-20-13-17(12-19(26)22(20)32-24(29)18-10-6-3-7-11-18)14-21-23(28)27(25(30)33-21)15-16-8-4-2-5-9-16/h2-14H,15H2,1H3/b21-14-. The number of imide groups is 1. The largest absolute Gasteiger partial charge is 0.493 e. The van der Waals surface area contributed by atoms with Gasteiger partial charge in [0.25, 0.3) is 11.1 Å². The van der Waals surface area contributed by atoms with Gasteiger partial charge < -0.3 is 9.47 Å². The van der Waals surface area contributed by atoms with Crippen LogP contribution in [0.5, 0.6) is 11.5 Å². The summed E-state index contributed by atoms with van der Waals surface area (Å²) in [7, 11) is 1.46. The van der Waals surface area contributed by atoms with Crippen LogP contribution in [0.2, 0.25) is 0 Å². The monoisotopic (exact) mass is 523 g/mol. The van der Waals surface area contributed by atoms with Crippen molar-refractivity contribution >= 4 is 50.9 Å². The molecule has 0 saturated carbocycles. The smallest absolute Gasteiger partial charge is 0.343 e. The van der Waals surface area contributed by atoms with Crippen molar-refractivity contribution in [2.24, 2.45) is 0 Å². The number of hydrogen-bond donors (Lipinski definition) is 0. The predicted molar refractivity (Wildman–Crippen MR) is 130 cm³/mol. The van der Waals surface area contributed by atoms with E-state index in [1.54, 1.807) is 42.5 Å². The average molecular weight is 524 g/mol. The number of benzene rings is 3. The van der Waals surface area contributed by atoms with Crippen molar-refractivity contribution in [3.63, 3.8) is 0 Å². The normalized spacial score (nSPS) is 14.6. The number of methoxy groups -OCH3 is 1. The van der Waals surface area contributed by atoms with Gasteiger partial charge in [-0.15, -0.1) is 0 Å². The number of esters is 1. The number of rotatable bonds is 6. The van der Waals surface area contributed by atoms with E-state index < -0.39 is 5.97 Å². The van der Waals surface area contributed by atoms with Gasteiger partial charge in [-0.2, -0.15) is 0 Å². The molecule has 1 fully saturated rings. The van der Waals surface area contributed by atoms with E-state index in [1.165, 1.54) is 12.0 Å². The van der Waals surface area contributed by atoms with Gasteiger partial charge in [0.15, 0.2) is 11.5 Å². The van der Waals surface area contributed by atoms with Crippen molar-refractivity contribution in [3.8, 4) is 11.5 Å². The molecule has 6 nitrogen and oxygen atoms in total. The molecule has 1 aliphatic heterocycles. The fourth-order valence-electron chi connectivity index (χ4n) is 3.20. The number of halogens is 1. The molecule has 1 saturated heterocycles. The molecule has 0 aliphatic carbocycles. The molecule has 0 atom stereocenters. The first-order chi connectivity index (χ1) is 16.0. The highest BCUT2D eigenvalue weighted by molar-refractivity contribution is 9.10. The van der Waals surface area contributed by atoms with Crippen LogP contribution in [0.4, 0.5) is 4.79 Å². The summed E-state index contributed by atoms with van der Waals surface area (Å²) in [5.74, 6) is -0.350. The minimum Gasteiger partial charge on any atom is -0.493 e. The quantitative estimate of drug-likeness (QED) is 0.227. The van der Waals surface area contributed by atoms with Gasteiger partial charge in [-0.1, -0.05) is 48.5 Å². The lowest BCUT2D eigenvalue weighted by Crippen LogP contribution is -2.27. The molecular formula is C25H18BrNO5S. The number of thioether (sulfide) groups is 1. The molecule has 0 unspecified atom stereocenters. The third-order valence-corrected chi connectivity index (χ3v) is 6.31. The predicted octanol–water partition coefficient (Wildman–Crippen LogP) is 5.91. The molecule has 0 aromatic heterocycles. The Labute approximate surface area is 203 Å². The number of nitrogens with zero attached hydrogens (tertiary/aromatic N) is 1. The van der Waals surface area contributed by atoms with Gasteiger partial charge in [-0.25, -0.2) is 4.79 Å². The summed E-state index contributed by atoms with van der Waals surface area (Å²) in [6, 6.07) is 21.3. The van der Waals surface area contributed by atoms with E-state index in [4.69, 9.17) is 9.47 Å². The Bertz CT molecular complexity index is 1240. The van der Waals surface area contributed by atoms with E-state index in [0.29, 0.717) is 26.3 Å². The molecule has 166 valence electrons. The second-order valence-electron chi connectivity index (χ2n) is 7.04. The summed E-state index contributed by atoms with van der Waals surface area (Å²) >= 11 is 4.30. The van der Waals surface area contributed by atoms with Crippen LogP contribution in [0.3, 0.4) is 0 Å². The van der Waals surface area contributed by atoms with E-state index in [9.17, 15) is 14.4 Å². The van der Waals surface area contributed by atoms with Gasteiger partial charge in [0.05, 0.1) is 28.6 Å². The first-order valence-corrected chi connectivity index (χ1v) is 11.5. The molecule has 4 rings (SSSR count). The second kappa shape index (κ2) is 10.1. The van der Waals surface area contributed by atoms with Crippen LogP contribution < -0.4 is 9.47 Å². The minimum absolute atomic E-state index is 0.213. The summed E-state index contributed by atoms with van der Waals surface area (Å²) in [5.41, 5.74) is 1.89. The molecule has 2 amide bonds. The van der Waals surface area contributed by atoms with Gasteiger partial charge >= 0.3 is 5.97 Å². The molecule has 0 radical (unpaired) electrons. The van der Waals surface area contributed by atoms with Crippen LogP contribution in [-0.2, 0) is 11.3 Å². The maximum absolute atomic E-state index is 12.8. The lowest BCUT2D eigenvalue weighted by Gasteiger charge is -2.13. The number of amides is 2. The van der Waals surface area contributed by atoms with Gasteiger partial charge in [0, 0.05) is 0 Å². The highest BCUT2D eigenvalue weighted by Crippen LogP contribution is 2.39. The second-order valence-corrected chi connectivity index (χ2v) is 8.89. The van der Waals surface area contributed by atoms with Crippen molar-refractivity contribution in [1.82, 2.24) is 4.90 Å². The molecule has 1 heterocycles. The molecule has 33 heavy (non-hydrogen) atoms. The third-order valence-electron chi connectivity index (χ3n) is 4.81.